The fourth-order valence-corrected chi connectivity index (χ4v) is 3.73. The zero-order valence-electron chi connectivity index (χ0n) is 14.5. The van der Waals surface area contributed by atoms with E-state index >= 15 is 0 Å². The van der Waals surface area contributed by atoms with Crippen LogP contribution in [0.25, 0.3) is 0 Å². The van der Waals surface area contributed by atoms with Crippen molar-refractivity contribution in [2.24, 2.45) is 0 Å². The molecule has 1 unspecified atom stereocenters. The van der Waals surface area contributed by atoms with E-state index in [1.165, 1.54) is 12.1 Å². The van der Waals surface area contributed by atoms with Crippen LogP contribution in [0.1, 0.15) is 67.2 Å². The van der Waals surface area contributed by atoms with E-state index in [1.54, 1.807) is 6.07 Å². The van der Waals surface area contributed by atoms with Gasteiger partial charge in [0.15, 0.2) is 0 Å². The molecule has 6 nitrogen and oxygen atoms in total. The number of hydrogen-bond donors (Lipinski definition) is 0. The zero-order valence-corrected chi connectivity index (χ0v) is 14.5. The molecule has 0 N–H and O–H groups in total. The van der Waals surface area contributed by atoms with E-state index in [2.05, 4.69) is 15.1 Å². The lowest BCUT2D eigenvalue weighted by molar-refractivity contribution is 0.0795. The summed E-state index contributed by atoms with van der Waals surface area (Å²) in [5.41, 5.74) is 0.911. The molecule has 1 aromatic carbocycles. The minimum absolute atomic E-state index is 0.0325. The molecule has 2 atom stereocenters. The highest BCUT2D eigenvalue weighted by molar-refractivity contribution is 5.33. The summed E-state index contributed by atoms with van der Waals surface area (Å²) in [7, 11) is 0. The van der Waals surface area contributed by atoms with Gasteiger partial charge in [0.25, 0.3) is 0 Å². The van der Waals surface area contributed by atoms with Crippen molar-refractivity contribution >= 4 is 0 Å². The molecule has 1 aromatic heterocycles. The van der Waals surface area contributed by atoms with E-state index in [0.29, 0.717) is 18.3 Å². The third-order valence-corrected chi connectivity index (χ3v) is 5.10. The van der Waals surface area contributed by atoms with Crippen molar-refractivity contribution in [3.8, 4) is 6.07 Å². The molecule has 0 radical (unpaired) electrons. The van der Waals surface area contributed by atoms with E-state index in [0.717, 1.165) is 50.8 Å². The van der Waals surface area contributed by atoms with Crippen LogP contribution in [0, 0.1) is 17.1 Å². The number of ether oxygens (including phenoxy) is 1. The molecule has 2 fully saturated rings. The van der Waals surface area contributed by atoms with Crippen molar-refractivity contribution in [1.82, 2.24) is 15.1 Å². The Bertz CT molecular complexity index is 810. The lowest BCUT2D eigenvalue weighted by Crippen LogP contribution is -2.33. The summed E-state index contributed by atoms with van der Waals surface area (Å²) < 4.78 is 25.5. The summed E-state index contributed by atoms with van der Waals surface area (Å²) in [6, 6.07) is 6.67. The molecular formula is C19H21FN4O2. The summed E-state index contributed by atoms with van der Waals surface area (Å²) in [6.45, 7) is 2.22. The number of aromatic nitrogens is 2. The zero-order chi connectivity index (χ0) is 17.9. The molecule has 2 saturated heterocycles. The summed E-state index contributed by atoms with van der Waals surface area (Å²) in [4.78, 5) is 2.25. The van der Waals surface area contributed by atoms with E-state index in [4.69, 9.17) is 14.4 Å². The van der Waals surface area contributed by atoms with Gasteiger partial charge in [0.05, 0.1) is 11.6 Å². The number of rotatable bonds is 4. The van der Waals surface area contributed by atoms with Gasteiger partial charge in [-0.15, -0.1) is 10.2 Å². The topological polar surface area (TPSA) is 75.2 Å². The van der Waals surface area contributed by atoms with Crippen LogP contribution in [0.15, 0.2) is 22.6 Å². The molecule has 2 aliphatic rings. The smallest absolute Gasteiger partial charge is 0.245 e. The van der Waals surface area contributed by atoms with Gasteiger partial charge in [0.1, 0.15) is 18.0 Å². The largest absolute Gasteiger partial charge is 0.421 e. The third-order valence-electron chi connectivity index (χ3n) is 5.10. The number of piperidine rings is 1. The molecule has 26 heavy (non-hydrogen) atoms. The molecule has 4 rings (SSSR count). The highest BCUT2D eigenvalue weighted by Crippen LogP contribution is 2.34. The molecule has 7 heteroatoms. The second-order valence-corrected chi connectivity index (χ2v) is 6.89. The van der Waals surface area contributed by atoms with Gasteiger partial charge in [-0.05, 0) is 49.9 Å². The van der Waals surface area contributed by atoms with Crippen LogP contribution in [-0.4, -0.2) is 28.2 Å². The lowest BCUT2D eigenvalue weighted by atomic mass is 10.0. The van der Waals surface area contributed by atoms with Crippen molar-refractivity contribution in [3.63, 3.8) is 0 Å². The average molecular weight is 356 g/mol. The first-order chi connectivity index (χ1) is 12.7. The van der Waals surface area contributed by atoms with Gasteiger partial charge in [0, 0.05) is 13.2 Å². The second-order valence-electron chi connectivity index (χ2n) is 6.89. The summed E-state index contributed by atoms with van der Waals surface area (Å²) in [5, 5.41) is 17.3. The maximum atomic E-state index is 13.9. The summed E-state index contributed by atoms with van der Waals surface area (Å²) in [6.07, 6.45) is 4.97. The lowest BCUT2D eigenvalue weighted by Gasteiger charge is -2.33. The van der Waals surface area contributed by atoms with Crippen LogP contribution >= 0.6 is 0 Å². The van der Waals surface area contributed by atoms with E-state index in [-0.39, 0.29) is 17.7 Å². The van der Waals surface area contributed by atoms with Crippen LogP contribution in [0.5, 0.6) is 0 Å². The molecule has 2 aromatic rings. The fraction of sp³-hybridized carbons (Fsp3) is 0.526. The molecule has 0 bridgehead atoms. The second kappa shape index (κ2) is 7.52. The highest BCUT2D eigenvalue weighted by Gasteiger charge is 2.31. The Hall–Kier alpha value is -2.30. The first-order valence-electron chi connectivity index (χ1n) is 9.12. The van der Waals surface area contributed by atoms with Crippen LogP contribution in [0.2, 0.25) is 0 Å². The van der Waals surface area contributed by atoms with E-state index in [1.807, 2.05) is 6.07 Å². The Morgan fingerprint density at radius 2 is 2.08 bits per heavy atom. The van der Waals surface area contributed by atoms with Gasteiger partial charge >= 0.3 is 0 Å². The Labute approximate surface area is 151 Å². The number of likely N-dealkylation sites (tertiary alicyclic amines) is 1. The van der Waals surface area contributed by atoms with Gasteiger partial charge < -0.3 is 9.15 Å². The first-order valence-corrected chi connectivity index (χ1v) is 9.12. The Morgan fingerprint density at radius 1 is 1.19 bits per heavy atom. The normalized spacial score (nSPS) is 23.8. The van der Waals surface area contributed by atoms with Gasteiger partial charge in [-0.1, -0.05) is 12.5 Å². The maximum absolute atomic E-state index is 13.9. The Kier molecular flexibility index (Phi) is 4.96. The van der Waals surface area contributed by atoms with Crippen molar-refractivity contribution < 1.29 is 13.5 Å². The number of nitrogens with zero attached hydrogens (tertiary/aromatic N) is 4. The van der Waals surface area contributed by atoms with Gasteiger partial charge in [0.2, 0.25) is 11.8 Å². The maximum Gasteiger partial charge on any atom is 0.245 e. The monoisotopic (exact) mass is 356 g/mol. The molecule has 136 valence electrons. The van der Waals surface area contributed by atoms with Crippen molar-refractivity contribution in [3.05, 3.63) is 46.9 Å². The first kappa shape index (κ1) is 17.1. The van der Waals surface area contributed by atoms with Crippen LogP contribution in [0.4, 0.5) is 4.39 Å². The number of benzene rings is 1. The molecular weight excluding hydrogens is 335 g/mol. The number of halogens is 1. The van der Waals surface area contributed by atoms with Crippen LogP contribution < -0.4 is 0 Å². The third kappa shape index (κ3) is 3.48. The minimum Gasteiger partial charge on any atom is -0.421 e. The van der Waals surface area contributed by atoms with Gasteiger partial charge in [-0.2, -0.15) is 5.26 Å². The number of nitriles is 1. The van der Waals surface area contributed by atoms with Crippen molar-refractivity contribution in [2.75, 3.05) is 13.2 Å². The average Bonchev–Trinajstić information content (AvgIpc) is 3.34. The Morgan fingerprint density at radius 3 is 2.85 bits per heavy atom. The van der Waals surface area contributed by atoms with Gasteiger partial charge in [-0.3, -0.25) is 4.90 Å². The predicted octanol–water partition coefficient (Wildman–Crippen LogP) is 3.66. The standard InChI is InChI=1S/C19H21FN4O2/c20-15-10-13(6-7-14(15)11-21)12-24-8-2-1-4-16(24)18-22-23-19(26-18)17-5-3-9-25-17/h6-7,10,16-17H,1-5,8-9,12H2/t16?,17-/m1/s1. The SMILES string of the molecule is N#Cc1ccc(CN2CCCCC2c2nnc([C@H]3CCCO3)o2)cc1F. The molecule has 2 aliphatic heterocycles. The Balaban J connectivity index is 1.51. The van der Waals surface area contributed by atoms with Crippen molar-refractivity contribution in [2.45, 2.75) is 50.8 Å². The fourth-order valence-electron chi connectivity index (χ4n) is 3.73. The summed E-state index contributed by atoms with van der Waals surface area (Å²) in [5.74, 6) is 0.703. The highest BCUT2D eigenvalue weighted by atomic mass is 19.1. The van der Waals surface area contributed by atoms with E-state index in [9.17, 15) is 4.39 Å². The molecule has 0 aliphatic carbocycles. The molecule has 0 spiro atoms. The number of hydrogen-bond acceptors (Lipinski definition) is 6. The van der Waals surface area contributed by atoms with Crippen LogP contribution in [0.3, 0.4) is 0 Å². The molecule has 3 heterocycles. The quantitative estimate of drug-likeness (QED) is 0.832. The van der Waals surface area contributed by atoms with Crippen LogP contribution in [-0.2, 0) is 11.3 Å². The summed E-state index contributed by atoms with van der Waals surface area (Å²) >= 11 is 0. The molecule has 0 amide bonds. The predicted molar refractivity (Wildman–Crippen MR) is 90.3 cm³/mol. The van der Waals surface area contributed by atoms with E-state index < -0.39 is 5.82 Å². The minimum atomic E-state index is -0.475. The van der Waals surface area contributed by atoms with Gasteiger partial charge in [-0.25, -0.2) is 4.39 Å². The van der Waals surface area contributed by atoms with Crippen molar-refractivity contribution in [1.29, 1.82) is 5.26 Å². The molecule has 0 saturated carbocycles.